The van der Waals surface area contributed by atoms with Gasteiger partial charge in [-0.2, -0.15) is 0 Å². The maximum absolute atomic E-state index is 12.5. The molecule has 0 bridgehead atoms. The average molecular weight is 349 g/mol. The van der Waals surface area contributed by atoms with E-state index in [1.54, 1.807) is 13.0 Å². The van der Waals surface area contributed by atoms with Gasteiger partial charge in [0.15, 0.2) is 0 Å². The van der Waals surface area contributed by atoms with Crippen LogP contribution in [0.5, 0.6) is 0 Å². The van der Waals surface area contributed by atoms with Gasteiger partial charge in [-0.1, -0.05) is 5.16 Å². The Bertz CT molecular complexity index is 603. The fourth-order valence-electron chi connectivity index (χ4n) is 3.40. The lowest BCUT2D eigenvalue weighted by Crippen LogP contribution is -2.56. The van der Waals surface area contributed by atoms with Gasteiger partial charge in [0.05, 0.1) is 11.7 Å². The molecule has 2 aliphatic heterocycles. The van der Waals surface area contributed by atoms with E-state index in [0.717, 1.165) is 31.6 Å². The number of aryl methyl sites for hydroxylation is 1. The van der Waals surface area contributed by atoms with Gasteiger partial charge in [0.2, 0.25) is 11.8 Å². The Morgan fingerprint density at radius 2 is 1.72 bits per heavy atom. The number of nitrogens with one attached hydrogen (secondary N) is 1. The van der Waals surface area contributed by atoms with Crippen molar-refractivity contribution in [3.05, 3.63) is 11.8 Å². The molecule has 1 atom stereocenters. The Hall–Kier alpha value is -2.09. The number of urea groups is 1. The third-order valence-electron chi connectivity index (χ3n) is 5.01. The molecule has 0 saturated carbocycles. The van der Waals surface area contributed by atoms with Crippen molar-refractivity contribution in [1.29, 1.82) is 0 Å². The predicted octanol–water partition coefficient (Wildman–Crippen LogP) is 1.53. The molecule has 2 fully saturated rings. The van der Waals surface area contributed by atoms with Gasteiger partial charge in [0.1, 0.15) is 0 Å². The molecule has 0 spiro atoms. The summed E-state index contributed by atoms with van der Waals surface area (Å²) in [6.07, 6.45) is 3.42. The summed E-state index contributed by atoms with van der Waals surface area (Å²) in [4.78, 5) is 30.9. The third kappa shape index (κ3) is 4.31. The largest absolute Gasteiger partial charge is 0.338 e. The number of carbonyl (C=O) groups excluding carboxylic acids is 2. The number of piperidine rings is 1. The highest BCUT2D eigenvalue weighted by Gasteiger charge is 2.30. The van der Waals surface area contributed by atoms with Gasteiger partial charge in [0, 0.05) is 45.3 Å². The van der Waals surface area contributed by atoms with Gasteiger partial charge in [-0.25, -0.2) is 4.79 Å². The maximum atomic E-state index is 12.5. The van der Waals surface area contributed by atoms with Crippen molar-refractivity contribution in [2.24, 2.45) is 0 Å². The maximum Gasteiger partial charge on any atom is 0.320 e. The van der Waals surface area contributed by atoms with Crippen LogP contribution < -0.4 is 5.32 Å². The second-order valence-corrected chi connectivity index (χ2v) is 6.85. The number of aromatic nitrogens is 1. The van der Waals surface area contributed by atoms with Crippen LogP contribution >= 0.6 is 0 Å². The quantitative estimate of drug-likeness (QED) is 0.895. The summed E-state index contributed by atoms with van der Waals surface area (Å²) in [7, 11) is 0. The summed E-state index contributed by atoms with van der Waals surface area (Å²) in [6, 6.07) is 1.56. The van der Waals surface area contributed by atoms with Crippen molar-refractivity contribution in [2.45, 2.75) is 39.2 Å². The van der Waals surface area contributed by atoms with E-state index in [1.807, 2.05) is 16.7 Å². The van der Waals surface area contributed by atoms with Crippen LogP contribution in [0.3, 0.4) is 0 Å². The summed E-state index contributed by atoms with van der Waals surface area (Å²) in [5.41, 5.74) is 0.729. The molecule has 0 aromatic carbocycles. The lowest BCUT2D eigenvalue weighted by molar-refractivity contribution is -0.121. The Kier molecular flexibility index (Phi) is 5.57. The van der Waals surface area contributed by atoms with E-state index in [4.69, 9.17) is 4.52 Å². The summed E-state index contributed by atoms with van der Waals surface area (Å²) in [5, 5.41) is 6.51. The van der Waals surface area contributed by atoms with Gasteiger partial charge < -0.3 is 14.3 Å². The fraction of sp³-hybridized carbons (Fsp3) is 0.706. The topological polar surface area (TPSA) is 81.9 Å². The van der Waals surface area contributed by atoms with E-state index in [-0.39, 0.29) is 18.0 Å². The van der Waals surface area contributed by atoms with Crippen LogP contribution in [-0.4, -0.2) is 77.1 Å². The molecule has 3 rings (SSSR count). The van der Waals surface area contributed by atoms with Crippen LogP contribution in [0.4, 0.5) is 10.7 Å². The molecule has 2 aliphatic rings. The molecule has 3 amide bonds. The number of hydrogen-bond acceptors (Lipinski definition) is 5. The molecule has 1 N–H and O–H groups in total. The highest BCUT2D eigenvalue weighted by atomic mass is 16.5. The zero-order chi connectivity index (χ0) is 17.8. The zero-order valence-corrected chi connectivity index (χ0v) is 15.0. The fourth-order valence-corrected chi connectivity index (χ4v) is 3.40. The molecule has 8 nitrogen and oxygen atoms in total. The van der Waals surface area contributed by atoms with Gasteiger partial charge in [-0.3, -0.25) is 15.0 Å². The Labute approximate surface area is 148 Å². The smallest absolute Gasteiger partial charge is 0.320 e. The number of likely N-dealkylation sites (tertiary alicyclic amines) is 1. The molecule has 8 heteroatoms. The monoisotopic (exact) mass is 349 g/mol. The summed E-state index contributed by atoms with van der Waals surface area (Å²) < 4.78 is 5.03. The zero-order valence-electron chi connectivity index (χ0n) is 15.0. The Morgan fingerprint density at radius 3 is 2.32 bits per heavy atom. The minimum atomic E-state index is -0.280. The van der Waals surface area contributed by atoms with Crippen molar-refractivity contribution in [1.82, 2.24) is 19.9 Å². The highest BCUT2D eigenvalue weighted by molar-refractivity contribution is 5.93. The normalized spacial score (nSPS) is 20.4. The van der Waals surface area contributed by atoms with Gasteiger partial charge in [-0.05, 0) is 33.1 Å². The van der Waals surface area contributed by atoms with Crippen molar-refractivity contribution >= 4 is 17.8 Å². The molecule has 1 aromatic rings. The first kappa shape index (κ1) is 17.7. The number of rotatable bonds is 3. The van der Waals surface area contributed by atoms with E-state index in [0.29, 0.717) is 32.1 Å². The van der Waals surface area contributed by atoms with Crippen LogP contribution in [0, 0.1) is 6.92 Å². The second-order valence-electron chi connectivity index (χ2n) is 6.85. The second kappa shape index (κ2) is 7.86. The molecule has 1 unspecified atom stereocenters. The Morgan fingerprint density at radius 1 is 1.08 bits per heavy atom. The van der Waals surface area contributed by atoms with Crippen LogP contribution in [0.1, 0.15) is 31.9 Å². The standard InChI is InChI=1S/C17H27N5O3/c1-13-12-15(25-19-13)18-16(23)14(2)20-8-10-22(11-9-20)17(24)21-6-4-3-5-7-21/h12,14H,3-11H2,1-2H3,(H,18,23). The lowest BCUT2D eigenvalue weighted by Gasteiger charge is -2.40. The molecule has 25 heavy (non-hydrogen) atoms. The van der Waals surface area contributed by atoms with E-state index in [9.17, 15) is 9.59 Å². The summed E-state index contributed by atoms with van der Waals surface area (Å²) in [6.45, 7) is 8.14. The average Bonchev–Trinajstić information content (AvgIpc) is 3.06. The SMILES string of the molecule is Cc1cc(NC(=O)C(C)N2CCN(C(=O)N3CCCCC3)CC2)on1. The molecule has 1 aromatic heterocycles. The number of piperazine rings is 1. The molecule has 138 valence electrons. The highest BCUT2D eigenvalue weighted by Crippen LogP contribution is 2.15. The minimum Gasteiger partial charge on any atom is -0.338 e. The number of hydrogen-bond donors (Lipinski definition) is 1. The molecule has 2 saturated heterocycles. The molecule has 0 aliphatic carbocycles. The first-order valence-electron chi connectivity index (χ1n) is 9.06. The van der Waals surface area contributed by atoms with E-state index in [1.165, 1.54) is 6.42 Å². The van der Waals surface area contributed by atoms with Crippen LogP contribution in [0.2, 0.25) is 0 Å². The minimum absolute atomic E-state index is 0.119. The predicted molar refractivity (Wildman–Crippen MR) is 93.3 cm³/mol. The van der Waals surface area contributed by atoms with Crippen molar-refractivity contribution < 1.29 is 14.1 Å². The van der Waals surface area contributed by atoms with Crippen LogP contribution in [0.25, 0.3) is 0 Å². The molecule has 3 heterocycles. The molecular weight excluding hydrogens is 322 g/mol. The van der Waals surface area contributed by atoms with Gasteiger partial charge >= 0.3 is 6.03 Å². The van der Waals surface area contributed by atoms with Crippen LogP contribution in [0.15, 0.2) is 10.6 Å². The molecule has 0 radical (unpaired) electrons. The van der Waals surface area contributed by atoms with Gasteiger partial charge in [0.25, 0.3) is 0 Å². The summed E-state index contributed by atoms with van der Waals surface area (Å²) in [5.74, 6) is 0.250. The number of amides is 3. The number of nitrogens with zero attached hydrogens (tertiary/aromatic N) is 4. The van der Waals surface area contributed by atoms with E-state index >= 15 is 0 Å². The molecular formula is C17H27N5O3. The number of anilines is 1. The van der Waals surface area contributed by atoms with E-state index in [2.05, 4.69) is 15.4 Å². The lowest BCUT2D eigenvalue weighted by atomic mass is 10.1. The van der Waals surface area contributed by atoms with E-state index < -0.39 is 0 Å². The van der Waals surface area contributed by atoms with Crippen molar-refractivity contribution in [2.75, 3.05) is 44.6 Å². The summed E-state index contributed by atoms with van der Waals surface area (Å²) >= 11 is 0. The third-order valence-corrected chi connectivity index (χ3v) is 5.01. The first-order chi connectivity index (χ1) is 12.0. The first-order valence-corrected chi connectivity index (χ1v) is 9.06. The van der Waals surface area contributed by atoms with Crippen molar-refractivity contribution in [3.8, 4) is 0 Å². The van der Waals surface area contributed by atoms with Crippen LogP contribution in [-0.2, 0) is 4.79 Å². The Balaban J connectivity index is 1.47. The van der Waals surface area contributed by atoms with Gasteiger partial charge in [-0.15, -0.1) is 0 Å². The number of carbonyl (C=O) groups is 2. The van der Waals surface area contributed by atoms with Crippen molar-refractivity contribution in [3.63, 3.8) is 0 Å².